The zero-order valence-corrected chi connectivity index (χ0v) is 12.8. The first-order chi connectivity index (χ1) is 9.53. The summed E-state index contributed by atoms with van der Waals surface area (Å²) >= 11 is 1.42. The number of hydrogen-bond acceptors (Lipinski definition) is 5. The van der Waals surface area contributed by atoms with Gasteiger partial charge in [0.1, 0.15) is 0 Å². The topological polar surface area (TPSA) is 60.5 Å². The summed E-state index contributed by atoms with van der Waals surface area (Å²) in [7, 11) is 3.18. The van der Waals surface area contributed by atoms with E-state index in [2.05, 4.69) is 10.3 Å². The van der Waals surface area contributed by atoms with Gasteiger partial charge in [0.25, 0.3) is 0 Å². The first-order valence-electron chi connectivity index (χ1n) is 6.36. The Labute approximate surface area is 121 Å². The largest absolute Gasteiger partial charge is 0.493 e. The second-order valence-electron chi connectivity index (χ2n) is 4.84. The van der Waals surface area contributed by atoms with E-state index < -0.39 is 0 Å². The van der Waals surface area contributed by atoms with Crippen LogP contribution in [0.15, 0.2) is 12.1 Å². The van der Waals surface area contributed by atoms with Crippen molar-refractivity contribution in [2.24, 2.45) is 5.92 Å². The Morgan fingerprint density at radius 2 is 1.95 bits per heavy atom. The molecular formula is C14H18N2O3S. The van der Waals surface area contributed by atoms with E-state index in [1.54, 1.807) is 14.2 Å². The standard InChI is InChI=1S/C14H18N2O3S/c1-8(2)5-13(17)16-14-15-9-6-10(18-3)11(19-4)7-12(9)20-14/h6-8H,5H2,1-4H3,(H,15,16,17). The van der Waals surface area contributed by atoms with Crippen LogP contribution in [-0.2, 0) is 4.79 Å². The van der Waals surface area contributed by atoms with Crippen LogP contribution in [0.4, 0.5) is 5.13 Å². The molecule has 5 nitrogen and oxygen atoms in total. The van der Waals surface area contributed by atoms with E-state index in [9.17, 15) is 4.79 Å². The molecule has 20 heavy (non-hydrogen) atoms. The van der Waals surface area contributed by atoms with Gasteiger partial charge in [0.05, 0.1) is 24.4 Å². The van der Waals surface area contributed by atoms with Gasteiger partial charge in [-0.2, -0.15) is 0 Å². The quantitative estimate of drug-likeness (QED) is 0.919. The van der Waals surface area contributed by atoms with Crippen LogP contribution in [0.5, 0.6) is 11.5 Å². The molecule has 0 bridgehead atoms. The molecule has 0 aliphatic heterocycles. The van der Waals surface area contributed by atoms with Crippen molar-refractivity contribution in [3.05, 3.63) is 12.1 Å². The summed E-state index contributed by atoms with van der Waals surface area (Å²) in [6.45, 7) is 4.02. The van der Waals surface area contributed by atoms with Crippen molar-refractivity contribution < 1.29 is 14.3 Å². The molecule has 0 unspecified atom stereocenters. The number of nitrogens with one attached hydrogen (secondary N) is 1. The van der Waals surface area contributed by atoms with Crippen LogP contribution in [0, 0.1) is 5.92 Å². The number of nitrogens with zero attached hydrogens (tertiary/aromatic N) is 1. The number of rotatable bonds is 5. The zero-order valence-electron chi connectivity index (χ0n) is 12.0. The Bertz CT molecular complexity index is 581. The predicted octanol–water partition coefficient (Wildman–Crippen LogP) is 3.30. The SMILES string of the molecule is COc1cc2nc(NC(=O)CC(C)C)sc2cc1OC. The smallest absolute Gasteiger partial charge is 0.226 e. The fraction of sp³-hybridized carbons (Fsp3) is 0.429. The fourth-order valence-corrected chi connectivity index (χ4v) is 2.74. The van der Waals surface area contributed by atoms with Crippen molar-refractivity contribution in [2.75, 3.05) is 19.5 Å². The highest BCUT2D eigenvalue weighted by molar-refractivity contribution is 7.22. The van der Waals surface area contributed by atoms with Crippen molar-refractivity contribution in [1.29, 1.82) is 0 Å². The molecule has 2 aromatic rings. The van der Waals surface area contributed by atoms with Gasteiger partial charge < -0.3 is 14.8 Å². The molecule has 0 atom stereocenters. The number of carbonyl (C=O) groups is 1. The van der Waals surface area contributed by atoms with E-state index in [1.165, 1.54) is 11.3 Å². The molecule has 0 radical (unpaired) electrons. The number of benzene rings is 1. The summed E-state index contributed by atoms with van der Waals surface area (Å²) in [6, 6.07) is 3.67. The number of hydrogen-bond donors (Lipinski definition) is 1. The molecule has 0 spiro atoms. The maximum Gasteiger partial charge on any atom is 0.226 e. The lowest BCUT2D eigenvalue weighted by Gasteiger charge is -2.05. The highest BCUT2D eigenvalue weighted by atomic mass is 32.1. The lowest BCUT2D eigenvalue weighted by Crippen LogP contribution is -2.13. The maximum atomic E-state index is 11.8. The fourth-order valence-electron chi connectivity index (χ4n) is 1.85. The Kier molecular flexibility index (Phi) is 4.44. The molecule has 0 saturated carbocycles. The molecule has 0 aliphatic rings. The molecule has 1 N–H and O–H groups in total. The Morgan fingerprint density at radius 1 is 1.30 bits per heavy atom. The van der Waals surface area contributed by atoms with Gasteiger partial charge in [-0.15, -0.1) is 0 Å². The third kappa shape index (κ3) is 3.19. The third-order valence-electron chi connectivity index (χ3n) is 2.73. The van der Waals surface area contributed by atoms with E-state index in [0.29, 0.717) is 29.0 Å². The molecule has 1 amide bonds. The van der Waals surface area contributed by atoms with Gasteiger partial charge in [0.2, 0.25) is 5.91 Å². The van der Waals surface area contributed by atoms with Crippen molar-refractivity contribution in [3.8, 4) is 11.5 Å². The molecule has 108 valence electrons. The predicted molar refractivity (Wildman–Crippen MR) is 80.8 cm³/mol. The van der Waals surface area contributed by atoms with Crippen LogP contribution in [-0.4, -0.2) is 25.1 Å². The number of aromatic nitrogens is 1. The molecule has 6 heteroatoms. The molecule has 2 rings (SSSR count). The number of amides is 1. The normalized spacial score (nSPS) is 10.8. The number of anilines is 1. The van der Waals surface area contributed by atoms with Crippen LogP contribution < -0.4 is 14.8 Å². The van der Waals surface area contributed by atoms with Gasteiger partial charge in [0, 0.05) is 18.6 Å². The minimum atomic E-state index is -0.0158. The number of methoxy groups -OCH3 is 2. The second-order valence-corrected chi connectivity index (χ2v) is 5.87. The molecule has 1 heterocycles. The van der Waals surface area contributed by atoms with Crippen LogP contribution in [0.1, 0.15) is 20.3 Å². The summed E-state index contributed by atoms with van der Waals surface area (Å²) in [5.41, 5.74) is 0.785. The molecule has 1 aromatic heterocycles. The zero-order chi connectivity index (χ0) is 14.7. The van der Waals surface area contributed by atoms with Crippen molar-refractivity contribution in [2.45, 2.75) is 20.3 Å². The van der Waals surface area contributed by atoms with Crippen LogP contribution in [0.25, 0.3) is 10.2 Å². The minimum Gasteiger partial charge on any atom is -0.493 e. The Hall–Kier alpha value is -1.82. The van der Waals surface area contributed by atoms with Crippen molar-refractivity contribution in [3.63, 3.8) is 0 Å². The highest BCUT2D eigenvalue weighted by Crippen LogP contribution is 2.36. The molecule has 0 saturated heterocycles. The summed E-state index contributed by atoms with van der Waals surface area (Å²) in [6.07, 6.45) is 0.489. The van der Waals surface area contributed by atoms with E-state index in [1.807, 2.05) is 26.0 Å². The van der Waals surface area contributed by atoms with Crippen molar-refractivity contribution in [1.82, 2.24) is 4.98 Å². The van der Waals surface area contributed by atoms with Crippen LogP contribution >= 0.6 is 11.3 Å². The maximum absolute atomic E-state index is 11.8. The van der Waals surface area contributed by atoms with Crippen molar-refractivity contribution >= 4 is 32.6 Å². The van der Waals surface area contributed by atoms with Gasteiger partial charge in [-0.3, -0.25) is 4.79 Å². The minimum absolute atomic E-state index is 0.0158. The first kappa shape index (κ1) is 14.6. The van der Waals surface area contributed by atoms with Gasteiger partial charge >= 0.3 is 0 Å². The number of ether oxygens (including phenoxy) is 2. The number of fused-ring (bicyclic) bond motifs is 1. The summed E-state index contributed by atoms with van der Waals surface area (Å²) in [5.74, 6) is 1.59. The molecule has 0 aliphatic carbocycles. The molecule has 0 fully saturated rings. The van der Waals surface area contributed by atoms with E-state index >= 15 is 0 Å². The summed E-state index contributed by atoms with van der Waals surface area (Å²) in [4.78, 5) is 16.1. The van der Waals surface area contributed by atoms with E-state index in [0.717, 1.165) is 10.2 Å². The highest BCUT2D eigenvalue weighted by Gasteiger charge is 2.12. The monoisotopic (exact) mass is 294 g/mol. The van der Waals surface area contributed by atoms with Crippen LogP contribution in [0.2, 0.25) is 0 Å². The lowest BCUT2D eigenvalue weighted by molar-refractivity contribution is -0.116. The van der Waals surface area contributed by atoms with E-state index in [4.69, 9.17) is 9.47 Å². The van der Waals surface area contributed by atoms with Gasteiger partial charge in [-0.1, -0.05) is 25.2 Å². The van der Waals surface area contributed by atoms with Gasteiger partial charge in [-0.25, -0.2) is 4.98 Å². The van der Waals surface area contributed by atoms with Crippen LogP contribution in [0.3, 0.4) is 0 Å². The molecule has 1 aromatic carbocycles. The number of thiazole rings is 1. The van der Waals surface area contributed by atoms with Gasteiger partial charge in [0.15, 0.2) is 16.6 Å². The Morgan fingerprint density at radius 3 is 2.55 bits per heavy atom. The second kappa shape index (κ2) is 6.09. The third-order valence-corrected chi connectivity index (χ3v) is 3.67. The summed E-state index contributed by atoms with van der Waals surface area (Å²) < 4.78 is 11.4. The molecular weight excluding hydrogens is 276 g/mol. The average molecular weight is 294 g/mol. The average Bonchev–Trinajstić information content (AvgIpc) is 2.76. The van der Waals surface area contributed by atoms with E-state index in [-0.39, 0.29) is 5.91 Å². The Balaban J connectivity index is 2.27. The van der Waals surface area contributed by atoms with Gasteiger partial charge in [-0.05, 0) is 5.92 Å². The number of carbonyl (C=O) groups excluding carboxylic acids is 1. The lowest BCUT2D eigenvalue weighted by atomic mass is 10.1. The first-order valence-corrected chi connectivity index (χ1v) is 7.17. The summed E-state index contributed by atoms with van der Waals surface area (Å²) in [5, 5.41) is 3.42.